The Morgan fingerprint density at radius 1 is 1.18 bits per heavy atom. The zero-order valence-corrected chi connectivity index (χ0v) is 11.0. The van der Waals surface area contributed by atoms with Crippen molar-refractivity contribution in [3.63, 3.8) is 0 Å². The molecule has 2 rings (SSSR count). The van der Waals surface area contributed by atoms with Crippen molar-refractivity contribution in [2.24, 2.45) is 4.99 Å². The van der Waals surface area contributed by atoms with Crippen LogP contribution in [0.2, 0.25) is 0 Å². The third-order valence-corrected chi connectivity index (χ3v) is 2.94. The molecule has 0 amide bonds. The van der Waals surface area contributed by atoms with E-state index in [0.29, 0.717) is 5.56 Å². The minimum absolute atomic E-state index is 0.227. The van der Waals surface area contributed by atoms with Gasteiger partial charge in [0.25, 0.3) is 0 Å². The summed E-state index contributed by atoms with van der Waals surface area (Å²) in [5.74, 6) is 0.227. The van der Waals surface area contributed by atoms with E-state index in [1.54, 1.807) is 18.3 Å². The average Bonchev–Trinajstić information content (AvgIpc) is 2.32. The van der Waals surface area contributed by atoms with Crippen molar-refractivity contribution in [2.45, 2.75) is 6.92 Å². The molecule has 0 aromatic heterocycles. The molecule has 0 aliphatic heterocycles. The molecule has 0 bridgehead atoms. The summed E-state index contributed by atoms with van der Waals surface area (Å²) >= 11 is 3.36. The van der Waals surface area contributed by atoms with Crippen LogP contribution in [0.3, 0.4) is 0 Å². The number of phenolic OH excluding ortho intramolecular Hbond substituents is 1. The van der Waals surface area contributed by atoms with E-state index >= 15 is 0 Å². The standard InChI is InChI=1S/C14H12BrNO/c1-10-4-2-3-5-13(10)16-9-11-8-12(15)6-7-14(11)17/h2-9,17H,1H3/b16-9+. The molecule has 0 radical (unpaired) electrons. The van der Waals surface area contributed by atoms with Crippen molar-refractivity contribution in [3.8, 4) is 5.75 Å². The fourth-order valence-corrected chi connectivity index (χ4v) is 1.85. The molecule has 0 heterocycles. The summed E-state index contributed by atoms with van der Waals surface area (Å²) in [7, 11) is 0. The van der Waals surface area contributed by atoms with E-state index in [0.717, 1.165) is 15.7 Å². The van der Waals surface area contributed by atoms with E-state index in [1.165, 1.54) is 0 Å². The maximum Gasteiger partial charge on any atom is 0.124 e. The van der Waals surface area contributed by atoms with Crippen LogP contribution in [-0.4, -0.2) is 11.3 Å². The lowest BCUT2D eigenvalue weighted by Gasteiger charge is -2.01. The van der Waals surface area contributed by atoms with Gasteiger partial charge in [-0.2, -0.15) is 0 Å². The number of aromatic hydroxyl groups is 1. The van der Waals surface area contributed by atoms with Crippen LogP contribution < -0.4 is 0 Å². The van der Waals surface area contributed by atoms with Gasteiger partial charge in [-0.1, -0.05) is 34.1 Å². The number of nitrogens with zero attached hydrogens (tertiary/aromatic N) is 1. The maximum atomic E-state index is 9.67. The van der Waals surface area contributed by atoms with Gasteiger partial charge in [0, 0.05) is 16.3 Å². The second kappa shape index (κ2) is 5.15. The lowest BCUT2D eigenvalue weighted by Crippen LogP contribution is -1.83. The summed E-state index contributed by atoms with van der Waals surface area (Å²) < 4.78 is 0.918. The molecule has 2 aromatic carbocycles. The minimum atomic E-state index is 0.227. The van der Waals surface area contributed by atoms with Gasteiger partial charge in [0.2, 0.25) is 0 Å². The molecule has 0 saturated carbocycles. The predicted octanol–water partition coefficient (Wildman–Crippen LogP) is 4.21. The Kier molecular flexibility index (Phi) is 3.59. The van der Waals surface area contributed by atoms with Crippen molar-refractivity contribution in [2.75, 3.05) is 0 Å². The second-order valence-electron chi connectivity index (χ2n) is 3.75. The molecule has 0 atom stereocenters. The molecule has 0 fully saturated rings. The van der Waals surface area contributed by atoms with Crippen LogP contribution in [-0.2, 0) is 0 Å². The number of halogens is 1. The van der Waals surface area contributed by atoms with Crippen LogP contribution in [0.4, 0.5) is 5.69 Å². The molecular weight excluding hydrogens is 278 g/mol. The van der Waals surface area contributed by atoms with E-state index in [-0.39, 0.29) is 5.75 Å². The molecule has 0 spiro atoms. The summed E-state index contributed by atoms with van der Waals surface area (Å²) in [5, 5.41) is 9.67. The molecule has 3 heteroatoms. The van der Waals surface area contributed by atoms with Crippen LogP contribution in [0.5, 0.6) is 5.75 Å². The number of benzene rings is 2. The molecule has 1 N–H and O–H groups in total. The smallest absolute Gasteiger partial charge is 0.124 e. The van der Waals surface area contributed by atoms with Crippen LogP contribution >= 0.6 is 15.9 Å². The van der Waals surface area contributed by atoms with Crippen molar-refractivity contribution in [1.29, 1.82) is 0 Å². The maximum absolute atomic E-state index is 9.67. The van der Waals surface area contributed by atoms with Gasteiger partial charge in [0.15, 0.2) is 0 Å². The normalized spacial score (nSPS) is 10.9. The summed E-state index contributed by atoms with van der Waals surface area (Å²) in [5.41, 5.74) is 2.72. The molecule has 17 heavy (non-hydrogen) atoms. The number of aryl methyl sites for hydroxylation is 1. The molecular formula is C14H12BrNO. The van der Waals surface area contributed by atoms with E-state index < -0.39 is 0 Å². The summed E-state index contributed by atoms with van der Waals surface area (Å²) in [6.45, 7) is 2.01. The highest BCUT2D eigenvalue weighted by atomic mass is 79.9. The van der Waals surface area contributed by atoms with Crippen molar-refractivity contribution in [3.05, 3.63) is 58.1 Å². The Morgan fingerprint density at radius 2 is 1.94 bits per heavy atom. The summed E-state index contributed by atoms with van der Waals surface area (Å²) in [4.78, 5) is 4.37. The predicted molar refractivity (Wildman–Crippen MR) is 74.2 cm³/mol. The molecule has 2 nitrogen and oxygen atoms in total. The second-order valence-corrected chi connectivity index (χ2v) is 4.66. The molecule has 0 unspecified atom stereocenters. The van der Waals surface area contributed by atoms with Crippen LogP contribution in [0.25, 0.3) is 0 Å². The molecule has 0 saturated heterocycles. The number of rotatable bonds is 2. The topological polar surface area (TPSA) is 32.6 Å². The highest BCUT2D eigenvalue weighted by molar-refractivity contribution is 9.10. The largest absolute Gasteiger partial charge is 0.507 e. The van der Waals surface area contributed by atoms with Crippen LogP contribution in [0.15, 0.2) is 51.9 Å². The van der Waals surface area contributed by atoms with E-state index in [1.807, 2.05) is 37.3 Å². The minimum Gasteiger partial charge on any atom is -0.507 e. The summed E-state index contributed by atoms with van der Waals surface area (Å²) in [6.07, 6.45) is 1.67. The third kappa shape index (κ3) is 2.94. The van der Waals surface area contributed by atoms with E-state index in [9.17, 15) is 5.11 Å². The van der Waals surface area contributed by atoms with Gasteiger partial charge in [-0.05, 0) is 36.8 Å². The number of hydrogen-bond acceptors (Lipinski definition) is 2. The Morgan fingerprint density at radius 3 is 2.71 bits per heavy atom. The molecule has 0 aliphatic rings. The van der Waals surface area contributed by atoms with Gasteiger partial charge in [-0.25, -0.2) is 0 Å². The van der Waals surface area contributed by atoms with Gasteiger partial charge in [-0.3, -0.25) is 4.99 Å². The molecule has 86 valence electrons. The number of para-hydroxylation sites is 1. The molecule has 0 aliphatic carbocycles. The third-order valence-electron chi connectivity index (χ3n) is 2.45. The Balaban J connectivity index is 2.32. The number of aliphatic imine (C=N–C) groups is 1. The Hall–Kier alpha value is -1.61. The van der Waals surface area contributed by atoms with Gasteiger partial charge in [0.05, 0.1) is 5.69 Å². The van der Waals surface area contributed by atoms with Crippen molar-refractivity contribution >= 4 is 27.8 Å². The fourth-order valence-electron chi connectivity index (χ4n) is 1.48. The zero-order chi connectivity index (χ0) is 12.3. The first-order chi connectivity index (χ1) is 8.16. The van der Waals surface area contributed by atoms with E-state index in [2.05, 4.69) is 20.9 Å². The van der Waals surface area contributed by atoms with Crippen LogP contribution in [0.1, 0.15) is 11.1 Å². The quantitative estimate of drug-likeness (QED) is 0.825. The highest BCUT2D eigenvalue weighted by Crippen LogP contribution is 2.22. The first kappa shape index (κ1) is 11.9. The van der Waals surface area contributed by atoms with Gasteiger partial charge in [-0.15, -0.1) is 0 Å². The Labute approximate surface area is 109 Å². The number of phenols is 1. The molecule has 2 aromatic rings. The fraction of sp³-hybridized carbons (Fsp3) is 0.0714. The highest BCUT2D eigenvalue weighted by Gasteiger charge is 1.99. The van der Waals surface area contributed by atoms with Gasteiger partial charge in [0.1, 0.15) is 5.75 Å². The van der Waals surface area contributed by atoms with E-state index in [4.69, 9.17) is 0 Å². The monoisotopic (exact) mass is 289 g/mol. The van der Waals surface area contributed by atoms with Crippen LogP contribution in [0, 0.1) is 6.92 Å². The first-order valence-electron chi connectivity index (χ1n) is 5.25. The first-order valence-corrected chi connectivity index (χ1v) is 6.04. The lowest BCUT2D eigenvalue weighted by atomic mass is 10.2. The Bertz CT molecular complexity index is 564. The summed E-state index contributed by atoms with van der Waals surface area (Å²) in [6, 6.07) is 13.1. The zero-order valence-electron chi connectivity index (χ0n) is 9.39. The number of hydrogen-bond donors (Lipinski definition) is 1. The average molecular weight is 290 g/mol. The van der Waals surface area contributed by atoms with Crippen molar-refractivity contribution < 1.29 is 5.11 Å². The SMILES string of the molecule is Cc1ccccc1/N=C/c1cc(Br)ccc1O. The lowest BCUT2D eigenvalue weighted by molar-refractivity contribution is 0.474. The van der Waals surface area contributed by atoms with Gasteiger partial charge >= 0.3 is 0 Å². The van der Waals surface area contributed by atoms with Crippen molar-refractivity contribution in [1.82, 2.24) is 0 Å². The van der Waals surface area contributed by atoms with Gasteiger partial charge < -0.3 is 5.11 Å².